The Kier molecular flexibility index (Phi) is 7.01. The average molecular weight is 365 g/mol. The maximum absolute atomic E-state index is 12.0. The van der Waals surface area contributed by atoms with Crippen LogP contribution in [0.25, 0.3) is 0 Å². The summed E-state index contributed by atoms with van der Waals surface area (Å²) in [5.74, 6) is -0.124. The fraction of sp³-hybridized carbons (Fsp3) is 0.333. The number of benzene rings is 1. The van der Waals surface area contributed by atoms with E-state index in [9.17, 15) is 9.59 Å². The number of nitrogens with zero attached hydrogens (tertiary/aromatic N) is 2. The van der Waals surface area contributed by atoms with E-state index in [1.165, 1.54) is 23.1 Å². The third kappa shape index (κ3) is 5.50. The first-order valence-electron chi connectivity index (χ1n) is 7.44. The summed E-state index contributed by atoms with van der Waals surface area (Å²) in [5, 5.41) is 17.3. The number of carbonyl (C=O) groups is 2. The third-order valence-electron chi connectivity index (χ3n) is 2.90. The number of thioether (sulfide) groups is 1. The summed E-state index contributed by atoms with van der Waals surface area (Å²) in [7, 11) is 1.57. The molecule has 0 bridgehead atoms. The first-order valence-corrected chi connectivity index (χ1v) is 9.24. The van der Waals surface area contributed by atoms with Crippen molar-refractivity contribution in [1.29, 1.82) is 0 Å². The Bertz CT molecular complexity index is 705. The number of carbonyl (C=O) groups excluding carboxylic acids is 2. The summed E-state index contributed by atoms with van der Waals surface area (Å²) in [4.78, 5) is 23.6. The van der Waals surface area contributed by atoms with Gasteiger partial charge in [0, 0.05) is 24.8 Å². The Balaban J connectivity index is 1.85. The van der Waals surface area contributed by atoms with Crippen molar-refractivity contribution >= 4 is 45.7 Å². The second-order valence-electron chi connectivity index (χ2n) is 4.80. The highest BCUT2D eigenvalue weighted by atomic mass is 32.2. The number of amides is 2. The van der Waals surface area contributed by atoms with Gasteiger partial charge in [0.1, 0.15) is 0 Å². The van der Waals surface area contributed by atoms with Gasteiger partial charge in [0.15, 0.2) is 4.34 Å². The van der Waals surface area contributed by atoms with Crippen LogP contribution in [-0.4, -0.2) is 41.4 Å². The van der Waals surface area contributed by atoms with Crippen LogP contribution >= 0.6 is 23.1 Å². The van der Waals surface area contributed by atoms with E-state index in [0.717, 1.165) is 22.4 Å². The fourth-order valence-corrected chi connectivity index (χ4v) is 3.36. The van der Waals surface area contributed by atoms with E-state index >= 15 is 0 Å². The average Bonchev–Trinajstić information content (AvgIpc) is 3.05. The SMILES string of the molecule is CCCNc1nnc(SCC(=O)Nc2cccc(C(=O)NC)c2)s1. The summed E-state index contributed by atoms with van der Waals surface area (Å²) in [6, 6.07) is 6.80. The van der Waals surface area contributed by atoms with E-state index in [-0.39, 0.29) is 17.6 Å². The van der Waals surface area contributed by atoms with Crippen LogP contribution in [0, 0.1) is 0 Å². The molecule has 0 saturated heterocycles. The maximum Gasteiger partial charge on any atom is 0.251 e. The van der Waals surface area contributed by atoms with Gasteiger partial charge in [0.2, 0.25) is 11.0 Å². The molecule has 0 aliphatic rings. The van der Waals surface area contributed by atoms with Crippen LogP contribution in [0.1, 0.15) is 23.7 Å². The van der Waals surface area contributed by atoms with Gasteiger partial charge in [0.25, 0.3) is 5.91 Å². The van der Waals surface area contributed by atoms with Crippen molar-refractivity contribution in [2.75, 3.05) is 30.0 Å². The topological polar surface area (TPSA) is 96.0 Å². The molecule has 0 fully saturated rings. The monoisotopic (exact) mass is 365 g/mol. The summed E-state index contributed by atoms with van der Waals surface area (Å²) in [6.07, 6.45) is 1.01. The highest BCUT2D eigenvalue weighted by Gasteiger charge is 2.09. The molecule has 2 aromatic rings. The van der Waals surface area contributed by atoms with Gasteiger partial charge < -0.3 is 16.0 Å². The van der Waals surface area contributed by atoms with E-state index in [2.05, 4.69) is 33.1 Å². The standard InChI is InChI=1S/C15H19N5O2S2/c1-3-7-17-14-19-20-15(24-14)23-9-12(21)18-11-6-4-5-10(8-11)13(22)16-2/h4-6,8H,3,7,9H2,1-2H3,(H,16,22)(H,17,19)(H,18,21). The number of anilines is 2. The maximum atomic E-state index is 12.0. The van der Waals surface area contributed by atoms with E-state index in [1.807, 2.05) is 0 Å². The minimum atomic E-state index is -0.193. The number of hydrogen-bond donors (Lipinski definition) is 3. The molecule has 0 atom stereocenters. The van der Waals surface area contributed by atoms with Gasteiger partial charge >= 0.3 is 0 Å². The molecule has 1 aromatic carbocycles. The molecule has 0 spiro atoms. The highest BCUT2D eigenvalue weighted by Crippen LogP contribution is 2.25. The van der Waals surface area contributed by atoms with Gasteiger partial charge in [0.05, 0.1) is 5.75 Å². The molecule has 3 N–H and O–H groups in total. The second-order valence-corrected chi connectivity index (χ2v) is 7.00. The molecule has 24 heavy (non-hydrogen) atoms. The van der Waals surface area contributed by atoms with Gasteiger partial charge in [-0.3, -0.25) is 9.59 Å². The lowest BCUT2D eigenvalue weighted by molar-refractivity contribution is -0.113. The van der Waals surface area contributed by atoms with Crippen LogP contribution in [0.15, 0.2) is 28.6 Å². The lowest BCUT2D eigenvalue weighted by atomic mass is 10.2. The second kappa shape index (κ2) is 9.24. The van der Waals surface area contributed by atoms with Crippen molar-refractivity contribution in [1.82, 2.24) is 15.5 Å². The lowest BCUT2D eigenvalue weighted by Crippen LogP contribution is -2.18. The zero-order valence-electron chi connectivity index (χ0n) is 13.5. The quantitative estimate of drug-likeness (QED) is 0.622. The minimum Gasteiger partial charge on any atom is -0.360 e. The first-order chi connectivity index (χ1) is 11.6. The van der Waals surface area contributed by atoms with Gasteiger partial charge in [-0.2, -0.15) is 0 Å². The Morgan fingerprint density at radius 3 is 2.88 bits per heavy atom. The zero-order valence-corrected chi connectivity index (χ0v) is 15.1. The molecule has 0 saturated carbocycles. The van der Waals surface area contributed by atoms with Crippen LogP contribution in [0.3, 0.4) is 0 Å². The predicted octanol–water partition coefficient (Wildman–Crippen LogP) is 2.45. The smallest absolute Gasteiger partial charge is 0.251 e. The number of nitrogens with one attached hydrogen (secondary N) is 3. The van der Waals surface area contributed by atoms with Crippen molar-refractivity contribution in [3.05, 3.63) is 29.8 Å². The fourth-order valence-electron chi connectivity index (χ4n) is 1.78. The predicted molar refractivity (Wildman–Crippen MR) is 97.9 cm³/mol. The number of hydrogen-bond acceptors (Lipinski definition) is 7. The molecule has 0 aliphatic carbocycles. The first kappa shape index (κ1) is 18.2. The van der Waals surface area contributed by atoms with Gasteiger partial charge in [-0.15, -0.1) is 10.2 Å². The normalized spacial score (nSPS) is 10.2. The molecule has 0 unspecified atom stereocenters. The zero-order chi connectivity index (χ0) is 17.4. The Labute approximate surface area is 148 Å². The molecule has 2 rings (SSSR count). The Morgan fingerprint density at radius 2 is 2.12 bits per heavy atom. The summed E-state index contributed by atoms with van der Waals surface area (Å²) in [6.45, 7) is 2.93. The van der Waals surface area contributed by atoms with Crippen LogP contribution in [0.2, 0.25) is 0 Å². The molecule has 0 aliphatic heterocycles. The van der Waals surface area contributed by atoms with Crippen LogP contribution < -0.4 is 16.0 Å². The van der Waals surface area contributed by atoms with E-state index in [0.29, 0.717) is 11.3 Å². The van der Waals surface area contributed by atoms with Gasteiger partial charge in [-0.05, 0) is 24.6 Å². The molecular formula is C15H19N5O2S2. The summed E-state index contributed by atoms with van der Waals surface area (Å²) < 4.78 is 0.739. The molecular weight excluding hydrogens is 346 g/mol. The van der Waals surface area contributed by atoms with E-state index in [4.69, 9.17) is 0 Å². The lowest BCUT2D eigenvalue weighted by Gasteiger charge is -2.06. The Hall–Kier alpha value is -2.13. The van der Waals surface area contributed by atoms with Crippen molar-refractivity contribution in [2.45, 2.75) is 17.7 Å². The van der Waals surface area contributed by atoms with E-state index in [1.54, 1.807) is 31.3 Å². The van der Waals surface area contributed by atoms with E-state index < -0.39 is 0 Å². The molecule has 7 nitrogen and oxygen atoms in total. The molecule has 0 radical (unpaired) electrons. The van der Waals surface area contributed by atoms with Gasteiger partial charge in [-0.1, -0.05) is 36.1 Å². The van der Waals surface area contributed by atoms with Crippen molar-refractivity contribution < 1.29 is 9.59 Å². The summed E-state index contributed by atoms with van der Waals surface area (Å²) in [5.41, 5.74) is 1.09. The molecule has 2 amide bonds. The van der Waals surface area contributed by atoms with Crippen LogP contribution in [0.4, 0.5) is 10.8 Å². The molecule has 9 heteroatoms. The minimum absolute atomic E-state index is 0.160. The molecule has 1 aromatic heterocycles. The number of aromatic nitrogens is 2. The summed E-state index contributed by atoms with van der Waals surface area (Å²) >= 11 is 2.76. The van der Waals surface area contributed by atoms with Crippen molar-refractivity contribution in [3.63, 3.8) is 0 Å². The van der Waals surface area contributed by atoms with Gasteiger partial charge in [-0.25, -0.2) is 0 Å². The highest BCUT2D eigenvalue weighted by molar-refractivity contribution is 8.01. The van der Waals surface area contributed by atoms with Crippen molar-refractivity contribution in [2.24, 2.45) is 0 Å². The van der Waals surface area contributed by atoms with Crippen LogP contribution in [0.5, 0.6) is 0 Å². The number of rotatable bonds is 8. The Morgan fingerprint density at radius 1 is 1.29 bits per heavy atom. The largest absolute Gasteiger partial charge is 0.360 e. The van der Waals surface area contributed by atoms with Crippen molar-refractivity contribution in [3.8, 4) is 0 Å². The van der Waals surface area contributed by atoms with Crippen LogP contribution in [-0.2, 0) is 4.79 Å². The molecule has 1 heterocycles. The third-order valence-corrected chi connectivity index (χ3v) is 4.91. The molecule has 128 valence electrons.